The molecule has 0 aliphatic carbocycles. The van der Waals surface area contributed by atoms with Crippen LogP contribution in [0, 0.1) is 0 Å². The molecule has 2 nitrogen and oxygen atoms in total. The van der Waals surface area contributed by atoms with Crippen molar-refractivity contribution in [2.45, 2.75) is 43.5 Å². The van der Waals surface area contributed by atoms with Crippen molar-refractivity contribution in [2.24, 2.45) is 0 Å². The Morgan fingerprint density at radius 2 is 1.75 bits per heavy atom. The van der Waals surface area contributed by atoms with Gasteiger partial charge in [0.05, 0.1) is 10.8 Å². The van der Waals surface area contributed by atoms with Crippen molar-refractivity contribution in [3.05, 3.63) is 35.4 Å². The first-order chi connectivity index (χ1) is 9.30. The summed E-state index contributed by atoms with van der Waals surface area (Å²) in [5, 5.41) is 8.00. The van der Waals surface area contributed by atoms with Crippen LogP contribution < -0.4 is 0 Å². The van der Waals surface area contributed by atoms with E-state index in [0.717, 1.165) is 37.0 Å². The summed E-state index contributed by atoms with van der Waals surface area (Å²) in [6, 6.07) is 5.15. The summed E-state index contributed by atoms with van der Waals surface area (Å²) in [4.78, 5) is 10.5. The van der Waals surface area contributed by atoms with Gasteiger partial charge in [-0.1, -0.05) is 25.0 Å². The molecule has 1 N–H and O–H groups in total. The van der Waals surface area contributed by atoms with E-state index in [0.29, 0.717) is 12.8 Å². The van der Waals surface area contributed by atoms with Crippen LogP contribution in [0.15, 0.2) is 24.3 Å². The summed E-state index contributed by atoms with van der Waals surface area (Å²) >= 11 is 3.93. The highest BCUT2D eigenvalue weighted by molar-refractivity contribution is 7.81. The van der Waals surface area contributed by atoms with Crippen LogP contribution >= 0.6 is 12.6 Å². The summed E-state index contributed by atoms with van der Waals surface area (Å²) in [5.74, 6) is -0.920. The van der Waals surface area contributed by atoms with E-state index in [9.17, 15) is 18.0 Å². The number of hydrogen-bond acceptors (Lipinski definition) is 2. The van der Waals surface area contributed by atoms with Crippen molar-refractivity contribution in [3.63, 3.8) is 0 Å². The quantitative estimate of drug-likeness (QED) is 0.585. The Kier molecular flexibility index (Phi) is 6.39. The zero-order valence-corrected chi connectivity index (χ0v) is 11.8. The second-order valence-corrected chi connectivity index (χ2v) is 5.27. The Morgan fingerprint density at radius 3 is 2.25 bits per heavy atom. The lowest BCUT2D eigenvalue weighted by molar-refractivity contribution is -0.138. The number of alkyl halides is 3. The van der Waals surface area contributed by atoms with Gasteiger partial charge in [0.15, 0.2) is 0 Å². The van der Waals surface area contributed by atoms with Gasteiger partial charge in [0, 0.05) is 0 Å². The molecule has 0 amide bonds. The number of aliphatic carboxylic acids is 1. The number of carbonyl (C=O) groups is 1. The Hall–Kier alpha value is -1.17. The molecule has 0 bridgehead atoms. The Bertz CT molecular complexity index is 429. The van der Waals surface area contributed by atoms with Crippen molar-refractivity contribution >= 4 is 18.6 Å². The van der Waals surface area contributed by atoms with Crippen LogP contribution in [0.3, 0.4) is 0 Å². The zero-order chi connectivity index (χ0) is 15.2. The molecule has 0 saturated carbocycles. The van der Waals surface area contributed by atoms with Crippen molar-refractivity contribution in [1.29, 1.82) is 0 Å². The first-order valence-corrected chi connectivity index (χ1v) is 6.89. The minimum absolute atomic E-state index is 0.505. The fraction of sp³-hybridized carbons (Fsp3) is 0.500. The molecule has 0 radical (unpaired) electrons. The number of unbranched alkanes of at least 4 members (excludes halogenated alkanes) is 2. The van der Waals surface area contributed by atoms with Crippen molar-refractivity contribution < 1.29 is 23.1 Å². The summed E-state index contributed by atoms with van der Waals surface area (Å²) in [6.45, 7) is 0. The molecule has 1 atom stereocenters. The number of aryl methyl sites for hydroxylation is 1. The minimum atomic E-state index is -4.29. The molecule has 1 rings (SSSR count). The fourth-order valence-corrected chi connectivity index (χ4v) is 2.01. The molecule has 0 saturated heterocycles. The Labute approximate surface area is 121 Å². The minimum Gasteiger partial charge on any atom is -0.480 e. The van der Waals surface area contributed by atoms with E-state index in [1.54, 1.807) is 0 Å². The van der Waals surface area contributed by atoms with E-state index >= 15 is 0 Å². The van der Waals surface area contributed by atoms with Crippen LogP contribution in [0.25, 0.3) is 0 Å². The summed E-state index contributed by atoms with van der Waals surface area (Å²) in [6.07, 6.45) is -0.678. The van der Waals surface area contributed by atoms with Gasteiger partial charge in [0.2, 0.25) is 0 Å². The van der Waals surface area contributed by atoms with Crippen LogP contribution in [-0.2, 0) is 17.4 Å². The van der Waals surface area contributed by atoms with Gasteiger partial charge in [0.1, 0.15) is 0 Å². The molecular formula is C14H17F3O2S. The third kappa shape index (κ3) is 5.86. The van der Waals surface area contributed by atoms with E-state index in [1.165, 1.54) is 12.1 Å². The third-order valence-corrected chi connectivity index (χ3v) is 3.49. The lowest BCUT2D eigenvalue weighted by atomic mass is 10.0. The summed E-state index contributed by atoms with van der Waals surface area (Å²) < 4.78 is 37.1. The standard InChI is InChI=1S/C14H17F3O2S/c15-14(16,17)11-8-6-10(7-9-11)4-2-1-3-5-12(20)13(18)19/h6-9,12,20H,1-5H2,(H,18,19). The molecule has 112 valence electrons. The number of benzene rings is 1. The lowest BCUT2D eigenvalue weighted by Gasteiger charge is -2.08. The Balaban J connectivity index is 2.28. The first kappa shape index (κ1) is 16.9. The smallest absolute Gasteiger partial charge is 0.416 e. The van der Waals surface area contributed by atoms with E-state index < -0.39 is 23.0 Å². The van der Waals surface area contributed by atoms with Crippen molar-refractivity contribution in [3.8, 4) is 0 Å². The topological polar surface area (TPSA) is 37.3 Å². The molecule has 20 heavy (non-hydrogen) atoms. The van der Waals surface area contributed by atoms with Crippen molar-refractivity contribution in [2.75, 3.05) is 0 Å². The van der Waals surface area contributed by atoms with Gasteiger partial charge < -0.3 is 5.11 Å². The van der Waals surface area contributed by atoms with E-state index in [4.69, 9.17) is 5.11 Å². The molecule has 1 aromatic carbocycles. The number of rotatable bonds is 7. The summed E-state index contributed by atoms with van der Waals surface area (Å²) in [5.41, 5.74) is 0.222. The third-order valence-electron chi connectivity index (χ3n) is 3.01. The van der Waals surface area contributed by atoms with Crippen LogP contribution in [-0.4, -0.2) is 16.3 Å². The number of hydrogen-bond donors (Lipinski definition) is 2. The summed E-state index contributed by atoms with van der Waals surface area (Å²) in [7, 11) is 0. The molecule has 0 aliphatic heterocycles. The van der Waals surface area contributed by atoms with E-state index in [1.807, 2.05) is 0 Å². The molecule has 1 unspecified atom stereocenters. The maximum atomic E-state index is 12.4. The van der Waals surface area contributed by atoms with Gasteiger partial charge in [-0.05, 0) is 37.0 Å². The number of thiol groups is 1. The molecule has 0 aromatic heterocycles. The van der Waals surface area contributed by atoms with Crippen LogP contribution in [0.2, 0.25) is 0 Å². The molecule has 0 spiro atoms. The lowest BCUT2D eigenvalue weighted by Crippen LogP contribution is -2.12. The average Bonchev–Trinajstić information content (AvgIpc) is 2.37. The van der Waals surface area contributed by atoms with Crippen LogP contribution in [0.4, 0.5) is 13.2 Å². The number of carboxylic acids is 1. The van der Waals surface area contributed by atoms with Gasteiger partial charge in [-0.3, -0.25) is 4.79 Å². The zero-order valence-electron chi connectivity index (χ0n) is 10.9. The molecule has 1 aromatic rings. The maximum absolute atomic E-state index is 12.4. The van der Waals surface area contributed by atoms with E-state index in [-0.39, 0.29) is 0 Å². The second-order valence-electron chi connectivity index (χ2n) is 4.65. The normalized spacial score (nSPS) is 13.2. The fourth-order valence-electron chi connectivity index (χ4n) is 1.83. The second kappa shape index (κ2) is 7.57. The largest absolute Gasteiger partial charge is 0.480 e. The predicted octanol–water partition coefficient (Wildman–Crippen LogP) is 4.19. The molecule has 0 heterocycles. The highest BCUT2D eigenvalue weighted by Gasteiger charge is 2.29. The van der Waals surface area contributed by atoms with Gasteiger partial charge in [-0.2, -0.15) is 25.8 Å². The van der Waals surface area contributed by atoms with Gasteiger partial charge in [-0.15, -0.1) is 0 Å². The maximum Gasteiger partial charge on any atom is 0.416 e. The van der Waals surface area contributed by atoms with Gasteiger partial charge in [0.25, 0.3) is 0 Å². The molecular weight excluding hydrogens is 289 g/mol. The number of carboxylic acid groups (broad SMARTS) is 1. The Morgan fingerprint density at radius 1 is 1.15 bits per heavy atom. The average molecular weight is 306 g/mol. The molecule has 0 fully saturated rings. The first-order valence-electron chi connectivity index (χ1n) is 6.37. The monoisotopic (exact) mass is 306 g/mol. The molecule has 6 heteroatoms. The van der Waals surface area contributed by atoms with Crippen LogP contribution in [0.1, 0.15) is 36.8 Å². The van der Waals surface area contributed by atoms with Gasteiger partial charge in [-0.25, -0.2) is 0 Å². The number of halogens is 3. The highest BCUT2D eigenvalue weighted by Crippen LogP contribution is 2.29. The SMILES string of the molecule is O=C(O)C(S)CCCCCc1ccc(C(F)(F)F)cc1. The molecule has 0 aliphatic rings. The predicted molar refractivity (Wildman–Crippen MR) is 74.0 cm³/mol. The van der Waals surface area contributed by atoms with Gasteiger partial charge >= 0.3 is 12.1 Å². The van der Waals surface area contributed by atoms with Crippen LogP contribution in [0.5, 0.6) is 0 Å². The van der Waals surface area contributed by atoms with Crippen molar-refractivity contribution in [1.82, 2.24) is 0 Å². The van der Waals surface area contributed by atoms with E-state index in [2.05, 4.69) is 12.6 Å². The highest BCUT2D eigenvalue weighted by atomic mass is 32.1.